The number of ether oxygens (including phenoxy) is 1. The van der Waals surface area contributed by atoms with Crippen molar-refractivity contribution in [3.63, 3.8) is 0 Å². The third kappa shape index (κ3) is 5.13. The van der Waals surface area contributed by atoms with Gasteiger partial charge in [0.1, 0.15) is 0 Å². The van der Waals surface area contributed by atoms with Gasteiger partial charge in [0.25, 0.3) is 0 Å². The Bertz CT molecular complexity index is 713. The van der Waals surface area contributed by atoms with Crippen LogP contribution in [0.15, 0.2) is 53.4 Å². The number of nitrogens with one attached hydrogen (secondary N) is 1. The first-order chi connectivity index (χ1) is 11.5. The van der Waals surface area contributed by atoms with Crippen LogP contribution >= 0.6 is 11.8 Å². The predicted octanol–water partition coefficient (Wildman–Crippen LogP) is 4.29. The summed E-state index contributed by atoms with van der Waals surface area (Å²) in [7, 11) is 0. The Hall–Kier alpha value is -2.27. The van der Waals surface area contributed by atoms with Crippen LogP contribution in [0.5, 0.6) is 0 Å². The van der Waals surface area contributed by atoms with Crippen molar-refractivity contribution < 1.29 is 14.3 Å². The molecule has 4 nitrogen and oxygen atoms in total. The topological polar surface area (TPSA) is 55.4 Å². The van der Waals surface area contributed by atoms with E-state index in [0.717, 1.165) is 4.90 Å². The second kappa shape index (κ2) is 8.55. The number of hydrogen-bond acceptors (Lipinski definition) is 4. The number of amides is 1. The Morgan fingerprint density at radius 3 is 2.54 bits per heavy atom. The molecule has 126 valence electrons. The Morgan fingerprint density at radius 2 is 1.88 bits per heavy atom. The van der Waals surface area contributed by atoms with Gasteiger partial charge in [0, 0.05) is 10.6 Å². The van der Waals surface area contributed by atoms with Gasteiger partial charge in [-0.3, -0.25) is 4.79 Å². The van der Waals surface area contributed by atoms with Crippen LogP contribution in [0.1, 0.15) is 29.8 Å². The first-order valence-corrected chi connectivity index (χ1v) is 8.69. The molecule has 24 heavy (non-hydrogen) atoms. The van der Waals surface area contributed by atoms with E-state index in [4.69, 9.17) is 4.74 Å². The maximum atomic E-state index is 12.3. The van der Waals surface area contributed by atoms with E-state index in [0.29, 0.717) is 17.9 Å². The molecule has 0 spiro atoms. The molecule has 0 saturated carbocycles. The van der Waals surface area contributed by atoms with E-state index in [1.165, 1.54) is 17.3 Å². The van der Waals surface area contributed by atoms with Crippen LogP contribution in [0.3, 0.4) is 0 Å². The van der Waals surface area contributed by atoms with Crippen molar-refractivity contribution in [2.24, 2.45) is 0 Å². The Morgan fingerprint density at radius 1 is 1.17 bits per heavy atom. The van der Waals surface area contributed by atoms with Gasteiger partial charge in [-0.25, -0.2) is 4.79 Å². The molecule has 0 aromatic heterocycles. The molecular weight excluding hydrogens is 322 g/mol. The average molecular weight is 343 g/mol. The van der Waals surface area contributed by atoms with Gasteiger partial charge in [-0.2, -0.15) is 0 Å². The van der Waals surface area contributed by atoms with Gasteiger partial charge < -0.3 is 10.1 Å². The molecule has 0 aliphatic rings. The molecule has 5 heteroatoms. The predicted molar refractivity (Wildman–Crippen MR) is 97.5 cm³/mol. The second-order valence-electron chi connectivity index (χ2n) is 5.36. The lowest BCUT2D eigenvalue weighted by Gasteiger charge is -2.13. The first-order valence-electron chi connectivity index (χ1n) is 7.81. The van der Waals surface area contributed by atoms with E-state index in [1.807, 2.05) is 38.1 Å². The van der Waals surface area contributed by atoms with E-state index in [2.05, 4.69) is 5.32 Å². The van der Waals surface area contributed by atoms with Crippen LogP contribution < -0.4 is 5.32 Å². The van der Waals surface area contributed by atoms with Gasteiger partial charge in [0.2, 0.25) is 5.91 Å². The summed E-state index contributed by atoms with van der Waals surface area (Å²) >= 11 is 1.49. The molecule has 0 unspecified atom stereocenters. The van der Waals surface area contributed by atoms with Crippen LogP contribution in [-0.4, -0.2) is 23.7 Å². The summed E-state index contributed by atoms with van der Waals surface area (Å²) in [6.07, 6.45) is 0. The highest BCUT2D eigenvalue weighted by atomic mass is 32.2. The highest BCUT2D eigenvalue weighted by molar-refractivity contribution is 8.00. The number of carbonyl (C=O) groups excluding carboxylic acids is 2. The van der Waals surface area contributed by atoms with Gasteiger partial charge in [-0.15, -0.1) is 11.8 Å². The van der Waals surface area contributed by atoms with E-state index in [-0.39, 0.29) is 11.2 Å². The molecule has 1 N–H and O–H groups in total. The molecule has 0 aliphatic heterocycles. The van der Waals surface area contributed by atoms with Crippen LogP contribution in [-0.2, 0) is 9.53 Å². The normalized spacial score (nSPS) is 11.6. The minimum atomic E-state index is -0.393. The van der Waals surface area contributed by atoms with Crippen molar-refractivity contribution in [1.82, 2.24) is 0 Å². The fraction of sp³-hybridized carbons (Fsp3) is 0.263. The average Bonchev–Trinajstić information content (AvgIpc) is 2.57. The maximum Gasteiger partial charge on any atom is 0.338 e. The van der Waals surface area contributed by atoms with Gasteiger partial charge in [-0.05, 0) is 51.1 Å². The smallest absolute Gasteiger partial charge is 0.338 e. The summed E-state index contributed by atoms with van der Waals surface area (Å²) in [5.74, 6) is -0.503. The van der Waals surface area contributed by atoms with Crippen LogP contribution in [0.4, 0.5) is 5.69 Å². The SMILES string of the molecule is CCOC(=O)c1cccc(NC(=O)[C@@H](C)Sc2ccc(C)cc2)c1. The summed E-state index contributed by atoms with van der Waals surface area (Å²) in [5.41, 5.74) is 2.20. The molecule has 2 rings (SSSR count). The third-order valence-corrected chi connectivity index (χ3v) is 4.46. The Labute approximate surface area is 146 Å². The number of aryl methyl sites for hydroxylation is 1. The number of esters is 1. The van der Waals surface area contributed by atoms with Gasteiger partial charge in [0.15, 0.2) is 0 Å². The summed E-state index contributed by atoms with van der Waals surface area (Å²) in [5, 5.41) is 2.59. The number of hydrogen-bond donors (Lipinski definition) is 1. The van der Waals surface area contributed by atoms with Crippen LogP contribution in [0.25, 0.3) is 0 Å². The molecule has 1 atom stereocenters. The monoisotopic (exact) mass is 343 g/mol. The fourth-order valence-corrected chi connectivity index (χ4v) is 2.92. The highest BCUT2D eigenvalue weighted by Crippen LogP contribution is 2.24. The van der Waals surface area contributed by atoms with Crippen molar-refractivity contribution in [2.45, 2.75) is 30.9 Å². The third-order valence-electron chi connectivity index (χ3n) is 3.34. The Balaban J connectivity index is 1.99. The molecule has 0 fully saturated rings. The lowest BCUT2D eigenvalue weighted by atomic mass is 10.2. The quantitative estimate of drug-likeness (QED) is 0.628. The zero-order valence-electron chi connectivity index (χ0n) is 14.0. The molecule has 0 radical (unpaired) electrons. The molecule has 2 aromatic rings. The molecule has 0 bridgehead atoms. The fourth-order valence-electron chi connectivity index (χ4n) is 2.06. The second-order valence-corrected chi connectivity index (χ2v) is 6.78. The Kier molecular flexibility index (Phi) is 6.44. The van der Waals surface area contributed by atoms with Crippen molar-refractivity contribution in [2.75, 3.05) is 11.9 Å². The van der Waals surface area contributed by atoms with E-state index in [9.17, 15) is 9.59 Å². The van der Waals surface area contributed by atoms with E-state index < -0.39 is 5.97 Å². The van der Waals surface area contributed by atoms with Crippen LogP contribution in [0, 0.1) is 6.92 Å². The first kappa shape index (κ1) is 18.1. The molecule has 0 aliphatic carbocycles. The summed E-state index contributed by atoms with van der Waals surface area (Å²) in [4.78, 5) is 25.1. The van der Waals surface area contributed by atoms with Crippen molar-refractivity contribution >= 4 is 29.3 Å². The number of carbonyl (C=O) groups is 2. The van der Waals surface area contributed by atoms with Crippen molar-refractivity contribution in [1.29, 1.82) is 0 Å². The van der Waals surface area contributed by atoms with Gasteiger partial charge >= 0.3 is 5.97 Å². The molecule has 0 heterocycles. The zero-order chi connectivity index (χ0) is 17.5. The van der Waals surface area contributed by atoms with Gasteiger partial charge in [0.05, 0.1) is 17.4 Å². The largest absolute Gasteiger partial charge is 0.462 e. The van der Waals surface area contributed by atoms with Gasteiger partial charge in [-0.1, -0.05) is 23.8 Å². The number of thioether (sulfide) groups is 1. The molecule has 0 saturated heterocycles. The zero-order valence-corrected chi connectivity index (χ0v) is 14.9. The van der Waals surface area contributed by atoms with Crippen molar-refractivity contribution in [3.8, 4) is 0 Å². The van der Waals surface area contributed by atoms with E-state index in [1.54, 1.807) is 31.2 Å². The minimum absolute atomic E-state index is 0.110. The number of benzene rings is 2. The van der Waals surface area contributed by atoms with Crippen LogP contribution in [0.2, 0.25) is 0 Å². The summed E-state index contributed by atoms with van der Waals surface area (Å²) in [6.45, 7) is 5.96. The summed E-state index contributed by atoms with van der Waals surface area (Å²) in [6, 6.07) is 14.8. The molecule has 1 amide bonds. The molecular formula is C19H21NO3S. The number of rotatable bonds is 6. The van der Waals surface area contributed by atoms with Crippen molar-refractivity contribution in [3.05, 3.63) is 59.7 Å². The lowest BCUT2D eigenvalue weighted by molar-refractivity contribution is -0.115. The standard InChI is InChI=1S/C19H21NO3S/c1-4-23-19(22)15-6-5-7-16(12-15)20-18(21)14(3)24-17-10-8-13(2)9-11-17/h5-12,14H,4H2,1-3H3,(H,20,21)/t14-/m1/s1. The minimum Gasteiger partial charge on any atom is -0.462 e. The maximum absolute atomic E-state index is 12.3. The number of anilines is 1. The van der Waals surface area contributed by atoms with E-state index >= 15 is 0 Å². The lowest BCUT2D eigenvalue weighted by Crippen LogP contribution is -2.22. The highest BCUT2D eigenvalue weighted by Gasteiger charge is 2.15. The summed E-state index contributed by atoms with van der Waals surface area (Å²) < 4.78 is 4.97. The molecule has 2 aromatic carbocycles.